The second-order valence-electron chi connectivity index (χ2n) is 16.3. The van der Waals surface area contributed by atoms with Crippen molar-refractivity contribution in [3.63, 3.8) is 0 Å². The molecular weight excluding hydrogens is 673 g/mol. The number of hydrogen-bond donors (Lipinski definition) is 0. The first kappa shape index (κ1) is 31.6. The Kier molecular flexibility index (Phi) is 6.55. The van der Waals surface area contributed by atoms with E-state index in [1.807, 2.05) is 0 Å². The van der Waals surface area contributed by atoms with Crippen LogP contribution < -0.4 is 0 Å². The molecule has 0 bridgehead atoms. The highest BCUT2D eigenvalue weighted by atomic mass is 14.4. The third kappa shape index (κ3) is 4.25. The maximum absolute atomic E-state index is 2.51. The van der Waals surface area contributed by atoms with Crippen LogP contribution in [0.5, 0.6) is 0 Å². The van der Waals surface area contributed by atoms with Gasteiger partial charge >= 0.3 is 0 Å². The quantitative estimate of drug-likeness (QED) is 0.126. The molecule has 0 spiro atoms. The van der Waals surface area contributed by atoms with E-state index in [2.05, 4.69) is 202 Å². The topological polar surface area (TPSA) is 0 Å². The molecule has 1 atom stereocenters. The molecule has 0 heteroatoms. The summed E-state index contributed by atoms with van der Waals surface area (Å²) in [7, 11) is 0. The normalized spacial score (nSPS) is 14.9. The summed E-state index contributed by atoms with van der Waals surface area (Å²) in [5.41, 5.74) is 17.4. The van der Waals surface area contributed by atoms with E-state index in [9.17, 15) is 0 Å². The maximum atomic E-state index is 2.51. The molecule has 10 aromatic carbocycles. The Balaban J connectivity index is 1.10. The van der Waals surface area contributed by atoms with Crippen LogP contribution in [-0.2, 0) is 5.41 Å². The second-order valence-corrected chi connectivity index (χ2v) is 16.3. The largest absolute Gasteiger partial charge is 0.0622 e. The highest BCUT2D eigenvalue weighted by molar-refractivity contribution is 6.23. The number of benzene rings is 10. The Bertz CT molecular complexity index is 3210. The van der Waals surface area contributed by atoms with E-state index in [-0.39, 0.29) is 11.3 Å². The average molecular weight is 711 g/mol. The van der Waals surface area contributed by atoms with E-state index < -0.39 is 0 Å². The Hall–Kier alpha value is -6.76. The highest BCUT2D eigenvalue weighted by Crippen LogP contribution is 2.56. The van der Waals surface area contributed by atoms with Crippen LogP contribution >= 0.6 is 0 Å². The van der Waals surface area contributed by atoms with E-state index in [1.165, 1.54) is 115 Å². The molecule has 262 valence electrons. The molecule has 0 N–H and O–H groups in total. The van der Waals surface area contributed by atoms with E-state index in [0.717, 1.165) is 0 Å². The molecule has 0 nitrogen and oxygen atoms in total. The summed E-state index contributed by atoms with van der Waals surface area (Å²) < 4.78 is 0. The molecule has 0 saturated heterocycles. The van der Waals surface area contributed by atoms with Crippen LogP contribution in [0, 0.1) is 0 Å². The molecule has 0 aromatic heterocycles. The van der Waals surface area contributed by atoms with Crippen molar-refractivity contribution in [3.8, 4) is 44.5 Å². The molecule has 56 heavy (non-hydrogen) atoms. The third-order valence-corrected chi connectivity index (χ3v) is 13.1. The van der Waals surface area contributed by atoms with Crippen LogP contribution in [0.15, 0.2) is 188 Å². The van der Waals surface area contributed by atoms with Crippen LogP contribution in [-0.4, -0.2) is 0 Å². The molecule has 2 aliphatic carbocycles. The Morgan fingerprint density at radius 1 is 0.339 bits per heavy atom. The van der Waals surface area contributed by atoms with Gasteiger partial charge in [0.25, 0.3) is 0 Å². The first-order chi connectivity index (χ1) is 27.6. The van der Waals surface area contributed by atoms with Gasteiger partial charge in [-0.25, -0.2) is 0 Å². The van der Waals surface area contributed by atoms with Crippen LogP contribution in [0.25, 0.3) is 87.6 Å². The lowest BCUT2D eigenvalue weighted by Crippen LogP contribution is -2.15. The van der Waals surface area contributed by atoms with Gasteiger partial charge in [0.1, 0.15) is 0 Å². The molecule has 0 fully saturated rings. The first-order valence-corrected chi connectivity index (χ1v) is 19.9. The van der Waals surface area contributed by atoms with Gasteiger partial charge in [-0.3, -0.25) is 0 Å². The van der Waals surface area contributed by atoms with Crippen molar-refractivity contribution in [1.82, 2.24) is 0 Å². The van der Waals surface area contributed by atoms with Gasteiger partial charge in [0.2, 0.25) is 0 Å². The first-order valence-electron chi connectivity index (χ1n) is 19.9. The van der Waals surface area contributed by atoms with E-state index in [0.29, 0.717) is 0 Å². The maximum Gasteiger partial charge on any atom is 0.0352 e. The highest BCUT2D eigenvalue weighted by Gasteiger charge is 2.39. The average Bonchev–Trinajstić information content (AvgIpc) is 3.71. The summed E-state index contributed by atoms with van der Waals surface area (Å²) in [6, 6.07) is 70.7. The van der Waals surface area contributed by atoms with Gasteiger partial charge < -0.3 is 0 Å². The molecular formula is C56H38. The Labute approximate surface area is 327 Å². The van der Waals surface area contributed by atoms with Crippen LogP contribution in [0.4, 0.5) is 0 Å². The van der Waals surface area contributed by atoms with Crippen molar-refractivity contribution in [1.29, 1.82) is 0 Å². The summed E-state index contributed by atoms with van der Waals surface area (Å²) in [6.45, 7) is 4.82. The minimum Gasteiger partial charge on any atom is -0.0622 e. The number of hydrogen-bond acceptors (Lipinski definition) is 0. The fraction of sp³-hybridized carbons (Fsp3) is 0.0714. The second kappa shape index (κ2) is 11.6. The molecule has 0 saturated carbocycles. The van der Waals surface area contributed by atoms with Crippen LogP contribution in [0.2, 0.25) is 0 Å². The standard InChI is InChI=1S/C56H38/c1-56(2)50-31-29-36(33-49(50)54-41-22-10-6-18-37(41)38-19-8-15-27-47(38)55(54)56)53-44-25-13-11-23-42(44)52(43-24-12-14-26-45(43)53)35-28-30-46-48(32-35)39-20-7-9-21-40(39)51(46)34-16-4-3-5-17-34/h3-33,51H,1-2H3. The Morgan fingerprint density at radius 2 is 0.786 bits per heavy atom. The van der Waals surface area contributed by atoms with Gasteiger partial charge in [-0.1, -0.05) is 190 Å². The zero-order valence-electron chi connectivity index (χ0n) is 31.5. The monoisotopic (exact) mass is 710 g/mol. The Morgan fingerprint density at radius 3 is 1.41 bits per heavy atom. The van der Waals surface area contributed by atoms with Gasteiger partial charge in [0.05, 0.1) is 0 Å². The van der Waals surface area contributed by atoms with Gasteiger partial charge in [-0.2, -0.15) is 0 Å². The minimum atomic E-state index is -0.132. The van der Waals surface area contributed by atoms with Gasteiger partial charge in [0, 0.05) is 11.3 Å². The van der Waals surface area contributed by atoms with E-state index >= 15 is 0 Å². The lowest BCUT2D eigenvalue weighted by molar-refractivity contribution is 0.666. The van der Waals surface area contributed by atoms with E-state index in [1.54, 1.807) is 0 Å². The predicted molar refractivity (Wildman–Crippen MR) is 238 cm³/mol. The molecule has 0 aliphatic heterocycles. The van der Waals surface area contributed by atoms with Crippen molar-refractivity contribution in [2.45, 2.75) is 25.2 Å². The van der Waals surface area contributed by atoms with Gasteiger partial charge in [0.15, 0.2) is 0 Å². The zero-order valence-corrected chi connectivity index (χ0v) is 31.5. The van der Waals surface area contributed by atoms with Crippen molar-refractivity contribution in [2.75, 3.05) is 0 Å². The molecule has 0 radical (unpaired) electrons. The van der Waals surface area contributed by atoms with Crippen molar-refractivity contribution >= 4 is 43.1 Å². The van der Waals surface area contributed by atoms with Gasteiger partial charge in [-0.15, -0.1) is 0 Å². The van der Waals surface area contributed by atoms with Crippen molar-refractivity contribution in [2.24, 2.45) is 0 Å². The summed E-state index contributed by atoms with van der Waals surface area (Å²) >= 11 is 0. The molecule has 12 rings (SSSR count). The zero-order chi connectivity index (χ0) is 37.1. The summed E-state index contributed by atoms with van der Waals surface area (Å²) in [6.07, 6.45) is 0. The predicted octanol–water partition coefficient (Wildman–Crippen LogP) is 15.1. The molecule has 0 amide bonds. The number of rotatable bonds is 3. The minimum absolute atomic E-state index is 0.132. The van der Waals surface area contributed by atoms with Crippen LogP contribution in [0.3, 0.4) is 0 Å². The molecule has 1 unspecified atom stereocenters. The smallest absolute Gasteiger partial charge is 0.0352 e. The fourth-order valence-corrected chi connectivity index (χ4v) is 10.8. The van der Waals surface area contributed by atoms with E-state index in [4.69, 9.17) is 0 Å². The van der Waals surface area contributed by atoms with Crippen molar-refractivity contribution < 1.29 is 0 Å². The summed E-state index contributed by atoms with van der Waals surface area (Å²) in [5, 5.41) is 10.5. The molecule has 2 aliphatic rings. The lowest BCUT2D eigenvalue weighted by atomic mass is 9.79. The fourth-order valence-electron chi connectivity index (χ4n) is 10.8. The van der Waals surface area contributed by atoms with Crippen LogP contribution in [0.1, 0.15) is 47.6 Å². The lowest BCUT2D eigenvalue weighted by Gasteiger charge is -2.24. The molecule has 0 heterocycles. The summed E-state index contributed by atoms with van der Waals surface area (Å²) in [5.74, 6) is 0.234. The third-order valence-electron chi connectivity index (χ3n) is 13.1. The summed E-state index contributed by atoms with van der Waals surface area (Å²) in [4.78, 5) is 0. The SMILES string of the molecule is CC1(C)c2ccc(-c3c4ccccc4c(-c4ccc5c(c4)-c4ccccc4C5c4ccccc4)c4ccccc34)cc2-c2c1c1ccccc1c1ccccc21. The number of fused-ring (bicyclic) bond motifs is 13. The van der Waals surface area contributed by atoms with Gasteiger partial charge in [-0.05, 0) is 128 Å². The van der Waals surface area contributed by atoms with Crippen molar-refractivity contribution in [3.05, 3.63) is 216 Å². The molecule has 10 aromatic rings.